The minimum Gasteiger partial charge on any atom is -0.322 e. The van der Waals surface area contributed by atoms with Crippen LogP contribution in [0.4, 0.5) is 5.69 Å². The van der Waals surface area contributed by atoms with Gasteiger partial charge < -0.3 is 5.32 Å². The topological polar surface area (TPSA) is 46.9 Å². The highest BCUT2D eigenvalue weighted by Gasteiger charge is 2.15. The molecule has 1 heterocycles. The lowest BCUT2D eigenvalue weighted by atomic mass is 10.2. The van der Waals surface area contributed by atoms with Gasteiger partial charge in [0.1, 0.15) is 0 Å². The van der Waals surface area contributed by atoms with Crippen LogP contribution in [0, 0.1) is 20.8 Å². The molecule has 0 aliphatic heterocycles. The van der Waals surface area contributed by atoms with E-state index < -0.39 is 0 Å². The summed E-state index contributed by atoms with van der Waals surface area (Å²) >= 11 is 6.10. The van der Waals surface area contributed by atoms with Gasteiger partial charge in [-0.25, -0.2) is 4.68 Å². The molecule has 1 N–H and O–H groups in total. The van der Waals surface area contributed by atoms with Crippen LogP contribution < -0.4 is 5.32 Å². The maximum Gasteiger partial charge on any atom is 0.259 e. The van der Waals surface area contributed by atoms with E-state index in [1.807, 2.05) is 57.2 Å². The molecule has 0 aliphatic rings. The Kier molecular flexibility index (Phi) is 4.40. The summed E-state index contributed by atoms with van der Waals surface area (Å²) in [5, 5.41) is 7.83. The van der Waals surface area contributed by atoms with Gasteiger partial charge in [0.05, 0.1) is 23.1 Å². The van der Waals surface area contributed by atoms with Gasteiger partial charge in [0, 0.05) is 10.7 Å². The van der Waals surface area contributed by atoms with Gasteiger partial charge in [-0.3, -0.25) is 4.79 Å². The number of nitrogens with zero attached hydrogens (tertiary/aromatic N) is 2. The van der Waals surface area contributed by atoms with Crippen LogP contribution in [-0.4, -0.2) is 15.7 Å². The molecule has 1 aromatic heterocycles. The molecule has 0 aliphatic carbocycles. The number of nitrogens with one attached hydrogen (secondary N) is 1. The number of halogens is 1. The number of hydrogen-bond acceptors (Lipinski definition) is 2. The Labute approximate surface area is 146 Å². The Bertz CT molecular complexity index is 897. The molecule has 2 aromatic carbocycles. The number of aromatic nitrogens is 2. The Morgan fingerprint density at radius 1 is 1.08 bits per heavy atom. The second-order valence-corrected chi connectivity index (χ2v) is 6.22. The van der Waals surface area contributed by atoms with Crippen molar-refractivity contribution in [3.8, 4) is 5.69 Å². The minimum atomic E-state index is -0.203. The first-order valence-electron chi connectivity index (χ1n) is 7.65. The summed E-state index contributed by atoms with van der Waals surface area (Å²) in [6, 6.07) is 13.5. The van der Waals surface area contributed by atoms with E-state index >= 15 is 0 Å². The van der Waals surface area contributed by atoms with E-state index in [1.54, 1.807) is 16.9 Å². The van der Waals surface area contributed by atoms with E-state index in [-0.39, 0.29) is 5.91 Å². The van der Waals surface area contributed by atoms with Crippen LogP contribution in [0.1, 0.15) is 27.2 Å². The third-order valence-corrected chi connectivity index (χ3v) is 4.37. The molecule has 0 atom stereocenters. The van der Waals surface area contributed by atoms with E-state index in [2.05, 4.69) is 10.4 Å². The molecular formula is C19H18ClN3O. The molecule has 0 saturated carbocycles. The molecule has 0 bridgehead atoms. The predicted octanol–water partition coefficient (Wildman–Crippen LogP) is 4.70. The average Bonchev–Trinajstić information content (AvgIpc) is 2.93. The Hall–Kier alpha value is -2.59. The maximum absolute atomic E-state index is 12.5. The molecule has 0 unspecified atom stereocenters. The van der Waals surface area contributed by atoms with Crippen molar-refractivity contribution in [3.05, 3.63) is 76.1 Å². The lowest BCUT2D eigenvalue weighted by Gasteiger charge is -2.08. The number of carbonyl (C=O) groups excluding carboxylic acids is 1. The van der Waals surface area contributed by atoms with E-state index in [0.717, 1.165) is 16.9 Å². The third kappa shape index (κ3) is 3.19. The van der Waals surface area contributed by atoms with E-state index in [4.69, 9.17) is 11.6 Å². The normalized spacial score (nSPS) is 10.7. The molecule has 5 heteroatoms. The first kappa shape index (κ1) is 16.3. The molecule has 0 spiro atoms. The number of rotatable bonds is 3. The van der Waals surface area contributed by atoms with Gasteiger partial charge >= 0.3 is 0 Å². The molecule has 3 aromatic rings. The van der Waals surface area contributed by atoms with Crippen LogP contribution in [-0.2, 0) is 0 Å². The largest absolute Gasteiger partial charge is 0.322 e. The van der Waals surface area contributed by atoms with Gasteiger partial charge in [-0.2, -0.15) is 5.10 Å². The van der Waals surface area contributed by atoms with Crippen molar-refractivity contribution < 1.29 is 4.79 Å². The van der Waals surface area contributed by atoms with Crippen LogP contribution >= 0.6 is 11.6 Å². The second kappa shape index (κ2) is 6.49. The molecule has 3 rings (SSSR count). The smallest absolute Gasteiger partial charge is 0.259 e. The van der Waals surface area contributed by atoms with Crippen LogP contribution in [0.5, 0.6) is 0 Å². The summed E-state index contributed by atoms with van der Waals surface area (Å²) < 4.78 is 1.76. The second-order valence-electron chi connectivity index (χ2n) is 5.81. The van der Waals surface area contributed by atoms with Crippen molar-refractivity contribution >= 4 is 23.2 Å². The fraction of sp³-hybridized carbons (Fsp3) is 0.158. The van der Waals surface area contributed by atoms with Gasteiger partial charge in [-0.1, -0.05) is 35.4 Å². The summed E-state index contributed by atoms with van der Waals surface area (Å²) in [6.45, 7) is 5.83. The quantitative estimate of drug-likeness (QED) is 0.751. The first-order valence-corrected chi connectivity index (χ1v) is 8.02. The highest BCUT2D eigenvalue weighted by Crippen LogP contribution is 2.21. The van der Waals surface area contributed by atoms with Crippen molar-refractivity contribution in [2.75, 3.05) is 5.32 Å². The summed E-state index contributed by atoms with van der Waals surface area (Å²) in [4.78, 5) is 12.5. The lowest BCUT2D eigenvalue weighted by molar-refractivity contribution is 0.102. The zero-order valence-corrected chi connectivity index (χ0v) is 14.6. The Balaban J connectivity index is 1.85. The minimum absolute atomic E-state index is 0.203. The van der Waals surface area contributed by atoms with Crippen molar-refractivity contribution in [2.24, 2.45) is 0 Å². The standard InChI is InChI=1S/C19H18ClN3O/c1-12-4-8-16(9-5-12)23-14(3)17(11-21-23)19(24)22-15-7-6-13(2)18(20)10-15/h4-11H,1-3H3,(H,22,24). The monoisotopic (exact) mass is 339 g/mol. The fourth-order valence-electron chi connectivity index (χ4n) is 2.45. The van der Waals surface area contributed by atoms with Crippen LogP contribution in [0.3, 0.4) is 0 Å². The molecule has 1 amide bonds. The molecule has 0 fully saturated rings. The molecular weight excluding hydrogens is 322 g/mol. The van der Waals surface area contributed by atoms with E-state index in [0.29, 0.717) is 16.3 Å². The summed E-state index contributed by atoms with van der Waals surface area (Å²) in [6.07, 6.45) is 1.58. The van der Waals surface area contributed by atoms with Crippen molar-refractivity contribution in [2.45, 2.75) is 20.8 Å². The zero-order valence-electron chi connectivity index (χ0n) is 13.8. The summed E-state index contributed by atoms with van der Waals surface area (Å²) in [7, 11) is 0. The SMILES string of the molecule is Cc1ccc(-n2ncc(C(=O)Nc3ccc(C)c(Cl)c3)c2C)cc1. The van der Waals surface area contributed by atoms with Crippen LogP contribution in [0.15, 0.2) is 48.7 Å². The Morgan fingerprint density at radius 2 is 1.79 bits per heavy atom. The number of carbonyl (C=O) groups is 1. The molecule has 24 heavy (non-hydrogen) atoms. The van der Waals surface area contributed by atoms with Gasteiger partial charge in [0.15, 0.2) is 0 Å². The van der Waals surface area contributed by atoms with Crippen molar-refractivity contribution in [1.29, 1.82) is 0 Å². The number of anilines is 1. The zero-order chi connectivity index (χ0) is 17.3. The Morgan fingerprint density at radius 3 is 2.46 bits per heavy atom. The third-order valence-electron chi connectivity index (χ3n) is 3.96. The van der Waals surface area contributed by atoms with Gasteiger partial charge in [-0.05, 0) is 50.6 Å². The van der Waals surface area contributed by atoms with Crippen LogP contribution in [0.2, 0.25) is 5.02 Å². The van der Waals surface area contributed by atoms with Gasteiger partial charge in [0.2, 0.25) is 0 Å². The van der Waals surface area contributed by atoms with Crippen molar-refractivity contribution in [1.82, 2.24) is 9.78 Å². The average molecular weight is 340 g/mol. The highest BCUT2D eigenvalue weighted by molar-refractivity contribution is 6.31. The molecule has 122 valence electrons. The van der Waals surface area contributed by atoms with Gasteiger partial charge in [-0.15, -0.1) is 0 Å². The summed E-state index contributed by atoms with van der Waals surface area (Å²) in [5.74, 6) is -0.203. The molecule has 4 nitrogen and oxygen atoms in total. The molecule has 0 radical (unpaired) electrons. The van der Waals surface area contributed by atoms with Gasteiger partial charge in [0.25, 0.3) is 5.91 Å². The number of aryl methyl sites for hydroxylation is 2. The highest BCUT2D eigenvalue weighted by atomic mass is 35.5. The van der Waals surface area contributed by atoms with E-state index in [9.17, 15) is 4.79 Å². The fourth-order valence-corrected chi connectivity index (χ4v) is 2.63. The molecule has 0 saturated heterocycles. The first-order chi connectivity index (χ1) is 11.5. The number of amides is 1. The van der Waals surface area contributed by atoms with E-state index in [1.165, 1.54) is 5.56 Å². The number of hydrogen-bond donors (Lipinski definition) is 1. The predicted molar refractivity (Wildman–Crippen MR) is 97.2 cm³/mol. The van der Waals surface area contributed by atoms with Crippen molar-refractivity contribution in [3.63, 3.8) is 0 Å². The lowest BCUT2D eigenvalue weighted by Crippen LogP contribution is -2.13. The number of benzene rings is 2. The summed E-state index contributed by atoms with van der Waals surface area (Å²) in [5.41, 5.74) is 5.06. The maximum atomic E-state index is 12.5. The van der Waals surface area contributed by atoms with Crippen LogP contribution in [0.25, 0.3) is 5.69 Å².